The number of aliphatic carboxylic acids is 1. The fourth-order valence-electron chi connectivity index (χ4n) is 14.8. The molecule has 0 amide bonds. The molecule has 400 valence electrons. The first-order chi connectivity index (χ1) is 33.1. The minimum atomic E-state index is -2.01. The highest BCUT2D eigenvalue weighted by molar-refractivity contribution is 5.89. The Bertz CT molecular complexity index is 2160. The largest absolute Gasteiger partial charge is 0.479 e. The van der Waals surface area contributed by atoms with Crippen molar-refractivity contribution in [3.8, 4) is 0 Å². The van der Waals surface area contributed by atoms with E-state index in [2.05, 4.69) is 26.8 Å². The predicted molar refractivity (Wildman–Crippen MR) is 249 cm³/mol. The van der Waals surface area contributed by atoms with Gasteiger partial charge in [0.25, 0.3) is 0 Å². The maximum absolute atomic E-state index is 14.4. The third kappa shape index (κ3) is 8.54. The molecule has 7 rings (SSSR count). The second-order valence-corrected chi connectivity index (χ2v) is 23.2. The number of esters is 3. The number of methoxy groups -OCH3 is 1. The molecule has 2 heterocycles. The number of carboxylic acids is 1. The van der Waals surface area contributed by atoms with Gasteiger partial charge in [0.2, 0.25) is 0 Å². The van der Waals surface area contributed by atoms with E-state index in [4.69, 9.17) is 33.2 Å². The Hall–Kier alpha value is -3.34. The Labute approximate surface area is 415 Å². The van der Waals surface area contributed by atoms with Gasteiger partial charge in [-0.25, -0.2) is 14.4 Å². The first-order valence-electron chi connectivity index (χ1n) is 25.1. The molecule has 21 atom stereocenters. The fraction of sp³-hybridized carbons (Fsp3) is 0.808. The number of carbonyl (C=O) groups is 4. The molecule has 4 saturated carbocycles. The van der Waals surface area contributed by atoms with Gasteiger partial charge in [-0.2, -0.15) is 0 Å². The topological polar surface area (TPSA) is 295 Å². The van der Waals surface area contributed by atoms with Gasteiger partial charge in [0.1, 0.15) is 42.7 Å². The van der Waals surface area contributed by atoms with Gasteiger partial charge in [-0.15, -0.1) is 0 Å². The summed E-state index contributed by atoms with van der Waals surface area (Å²) in [5.41, 5.74) is -3.79. The van der Waals surface area contributed by atoms with Crippen LogP contribution in [0.25, 0.3) is 0 Å². The van der Waals surface area contributed by atoms with E-state index in [-0.39, 0.29) is 18.8 Å². The molecular formula is C52H78O19. The van der Waals surface area contributed by atoms with Crippen LogP contribution in [0.3, 0.4) is 0 Å². The number of aliphatic hydroxyl groups is 7. The monoisotopic (exact) mass is 1010 g/mol. The molecular weight excluding hydrogens is 929 g/mol. The molecule has 6 fully saturated rings. The summed E-state index contributed by atoms with van der Waals surface area (Å²) in [7, 11) is 1.27. The van der Waals surface area contributed by atoms with Crippen LogP contribution >= 0.6 is 0 Å². The van der Waals surface area contributed by atoms with Gasteiger partial charge < -0.3 is 74.0 Å². The first-order valence-corrected chi connectivity index (χ1v) is 25.1. The van der Waals surface area contributed by atoms with Crippen LogP contribution in [0.15, 0.2) is 34.9 Å². The third-order valence-corrected chi connectivity index (χ3v) is 19.4. The van der Waals surface area contributed by atoms with Crippen LogP contribution in [0.2, 0.25) is 0 Å². The SMILES string of the molecule is CC=C(C)C(=O)O[C@H]1[C@H](OC(=O)/C(C)=C\C)[C@]2(CO)[C@H](O)C[C@]3(C)C(=CC[C@@H]4[C@@]5(C)CC[C@H](O[C@@H]6O[C@H](C(=O)O)[C@@H](O)[C@H](O[C@@H]7OC[C@H](O)[C@H](O)[C@H]7O)[C@H]6O)[C@@](C)(C(=O)OC)[C@@H]5CC[C@]43C)[C@@H]2CC1(C)C. The van der Waals surface area contributed by atoms with E-state index in [0.717, 1.165) is 5.57 Å². The zero-order chi connectivity index (χ0) is 52.7. The predicted octanol–water partition coefficient (Wildman–Crippen LogP) is 2.62. The van der Waals surface area contributed by atoms with E-state index in [1.165, 1.54) is 7.11 Å². The lowest BCUT2D eigenvalue weighted by atomic mass is 9.33. The van der Waals surface area contributed by atoms with Crippen molar-refractivity contribution in [1.82, 2.24) is 0 Å². The van der Waals surface area contributed by atoms with E-state index in [1.807, 2.05) is 13.8 Å². The molecule has 0 aromatic carbocycles. The second-order valence-electron chi connectivity index (χ2n) is 23.2. The normalized spacial score (nSPS) is 47.5. The number of allylic oxidation sites excluding steroid dienone is 4. The van der Waals surface area contributed by atoms with Crippen molar-refractivity contribution in [2.24, 2.45) is 50.2 Å². The molecule has 7 aliphatic rings. The molecule has 19 heteroatoms. The highest BCUT2D eigenvalue weighted by Crippen LogP contribution is 2.76. The number of hydrogen-bond acceptors (Lipinski definition) is 18. The molecule has 8 N–H and O–H groups in total. The van der Waals surface area contributed by atoms with Crippen molar-refractivity contribution in [3.63, 3.8) is 0 Å². The Morgan fingerprint density at radius 3 is 1.97 bits per heavy atom. The Morgan fingerprint density at radius 1 is 0.775 bits per heavy atom. The number of fused-ring (bicyclic) bond motifs is 7. The average molecular weight is 1010 g/mol. The highest BCUT2D eigenvalue weighted by Gasteiger charge is 2.75. The van der Waals surface area contributed by atoms with E-state index in [1.54, 1.807) is 46.8 Å². The molecule has 0 spiro atoms. The van der Waals surface area contributed by atoms with Crippen LogP contribution in [-0.4, -0.2) is 165 Å². The van der Waals surface area contributed by atoms with Crippen LogP contribution in [-0.2, 0) is 52.3 Å². The molecule has 0 unspecified atom stereocenters. The number of carboxylic acid groups (broad SMARTS) is 1. The summed E-state index contributed by atoms with van der Waals surface area (Å²) in [5, 5.41) is 88.4. The fourth-order valence-corrected chi connectivity index (χ4v) is 14.8. The van der Waals surface area contributed by atoms with Crippen molar-refractivity contribution in [3.05, 3.63) is 34.9 Å². The second kappa shape index (κ2) is 19.7. The standard InChI is InChI=1S/C52H78O19/c1-12-24(3)42(62)70-39-40(71-43(63)25(4)13-2)52(23-53)27(20-47(39,5)6)26-14-15-29-48(7)18-17-32(51(10,46(64)65-11)30(48)16-19-49(29,8)50(26,9)21-31(52)55)67-45-36(59)37(35(58)38(69-45)41(60)61)68-44-34(57)33(56)28(54)22-66-44/h12-14,27-40,44-45,53-59H,15-23H2,1-11H3,(H,60,61)/b24-12?,25-13-/t27-,28-,29+,30+,31+,32-,33-,34+,35-,36+,37-,38-,39-,40-,44-,45+,48+,49+,50+,51-,52-/m0/s1. The lowest BCUT2D eigenvalue weighted by Crippen LogP contribution is -2.73. The zero-order valence-corrected chi connectivity index (χ0v) is 42.9. The molecule has 0 aromatic rings. The number of rotatable bonds is 11. The van der Waals surface area contributed by atoms with Crippen LogP contribution in [0, 0.1) is 50.2 Å². The summed E-state index contributed by atoms with van der Waals surface area (Å²) in [4.78, 5) is 54.2. The van der Waals surface area contributed by atoms with E-state index in [0.29, 0.717) is 43.3 Å². The average Bonchev–Trinajstić information content (AvgIpc) is 3.32. The third-order valence-electron chi connectivity index (χ3n) is 19.4. The Morgan fingerprint density at radius 2 is 1.39 bits per heavy atom. The van der Waals surface area contributed by atoms with Crippen molar-refractivity contribution in [2.75, 3.05) is 20.3 Å². The quantitative estimate of drug-likeness (QED) is 0.0485. The summed E-state index contributed by atoms with van der Waals surface area (Å²) < 4.78 is 41.5. The number of aliphatic hydroxyl groups excluding tert-OH is 7. The van der Waals surface area contributed by atoms with Crippen molar-refractivity contribution >= 4 is 23.9 Å². The number of carbonyl (C=O) groups excluding carboxylic acids is 3. The number of ether oxygens (including phenoxy) is 7. The van der Waals surface area contributed by atoms with Gasteiger partial charge in [-0.1, -0.05) is 58.4 Å². The highest BCUT2D eigenvalue weighted by atomic mass is 16.7. The molecule has 0 radical (unpaired) electrons. The van der Waals surface area contributed by atoms with Gasteiger partial charge >= 0.3 is 23.9 Å². The summed E-state index contributed by atoms with van der Waals surface area (Å²) in [6.07, 6.45) is -12.4. The maximum Gasteiger partial charge on any atom is 0.335 e. The lowest BCUT2D eigenvalue weighted by Gasteiger charge is -2.72. The van der Waals surface area contributed by atoms with Gasteiger partial charge in [0.05, 0.1) is 43.4 Å². The summed E-state index contributed by atoms with van der Waals surface area (Å²) >= 11 is 0. The minimum absolute atomic E-state index is 0.0991. The summed E-state index contributed by atoms with van der Waals surface area (Å²) in [6.45, 7) is 17.9. The summed E-state index contributed by atoms with van der Waals surface area (Å²) in [5.74, 6) is -4.49. The van der Waals surface area contributed by atoms with Gasteiger partial charge in [0.15, 0.2) is 24.8 Å². The molecule has 19 nitrogen and oxygen atoms in total. The first kappa shape index (κ1) is 55.4. The van der Waals surface area contributed by atoms with Crippen LogP contribution in [0.5, 0.6) is 0 Å². The van der Waals surface area contributed by atoms with E-state index < -0.39 is 161 Å². The molecule has 2 aliphatic heterocycles. The van der Waals surface area contributed by atoms with Crippen molar-refractivity contribution in [1.29, 1.82) is 0 Å². The van der Waals surface area contributed by atoms with Crippen molar-refractivity contribution < 1.29 is 93.2 Å². The van der Waals surface area contributed by atoms with Gasteiger partial charge in [-0.05, 0) is 114 Å². The van der Waals surface area contributed by atoms with Gasteiger partial charge in [0, 0.05) is 16.6 Å². The van der Waals surface area contributed by atoms with Crippen LogP contribution in [0.1, 0.15) is 114 Å². The van der Waals surface area contributed by atoms with Crippen molar-refractivity contribution in [2.45, 2.75) is 194 Å². The lowest BCUT2D eigenvalue weighted by molar-refractivity contribution is -0.356. The molecule has 5 aliphatic carbocycles. The molecule has 2 saturated heterocycles. The molecule has 0 aromatic heterocycles. The van der Waals surface area contributed by atoms with E-state index in [9.17, 15) is 60.0 Å². The van der Waals surface area contributed by atoms with Crippen LogP contribution < -0.4 is 0 Å². The zero-order valence-electron chi connectivity index (χ0n) is 42.9. The molecule has 0 bridgehead atoms. The molecule has 71 heavy (non-hydrogen) atoms. The van der Waals surface area contributed by atoms with Gasteiger partial charge in [-0.3, -0.25) is 4.79 Å². The maximum atomic E-state index is 14.4. The Balaban J connectivity index is 1.23. The van der Waals surface area contributed by atoms with E-state index >= 15 is 0 Å². The number of hydrogen-bond donors (Lipinski definition) is 8. The summed E-state index contributed by atoms with van der Waals surface area (Å²) in [6, 6.07) is 0. The van der Waals surface area contributed by atoms with Crippen LogP contribution in [0.4, 0.5) is 0 Å². The Kier molecular flexibility index (Phi) is 15.4. The smallest absolute Gasteiger partial charge is 0.335 e. The minimum Gasteiger partial charge on any atom is -0.479 e.